The summed E-state index contributed by atoms with van der Waals surface area (Å²) < 4.78 is 0. The van der Waals surface area contributed by atoms with Crippen LogP contribution in [0, 0.1) is 0 Å². The van der Waals surface area contributed by atoms with Crippen molar-refractivity contribution < 1.29 is 15.0 Å². The van der Waals surface area contributed by atoms with Gasteiger partial charge in [0.25, 0.3) is 0 Å². The number of carbonyl (C=O) groups is 1. The van der Waals surface area contributed by atoms with Crippen LogP contribution >= 0.6 is 0 Å². The maximum Gasteiger partial charge on any atom is 0.244 e. The third-order valence-corrected chi connectivity index (χ3v) is 3.32. The molecule has 0 heterocycles. The minimum absolute atomic E-state index is 0.00815. The molecule has 1 aromatic rings. The molecule has 2 rings (SSSR count). The molecule has 0 bridgehead atoms. The topological polar surface area (TPSA) is 69.6 Å². The van der Waals surface area contributed by atoms with Crippen LogP contribution in [-0.4, -0.2) is 28.3 Å². The first-order valence-electron chi connectivity index (χ1n) is 6.04. The lowest BCUT2D eigenvalue weighted by atomic mass is 9.77. The summed E-state index contributed by atoms with van der Waals surface area (Å²) in [5, 5.41) is 21.2. The van der Waals surface area contributed by atoms with E-state index < -0.39 is 5.54 Å². The Bertz CT molecular complexity index is 441. The summed E-state index contributed by atoms with van der Waals surface area (Å²) in [6, 6.07) is 6.59. The molecule has 1 aliphatic carbocycles. The van der Waals surface area contributed by atoms with Crippen LogP contribution in [0.3, 0.4) is 0 Å². The lowest BCUT2D eigenvalue weighted by molar-refractivity contribution is -0.120. The summed E-state index contributed by atoms with van der Waals surface area (Å²) in [4.78, 5) is 11.7. The molecule has 0 unspecified atom stereocenters. The number of aliphatic hydroxyl groups excluding tert-OH is 1. The number of hydrogen-bond acceptors (Lipinski definition) is 3. The number of aromatic hydroxyl groups is 1. The van der Waals surface area contributed by atoms with Crippen LogP contribution in [0.25, 0.3) is 6.08 Å². The van der Waals surface area contributed by atoms with E-state index >= 15 is 0 Å². The predicted molar refractivity (Wildman–Crippen MR) is 69.0 cm³/mol. The zero-order chi connectivity index (χ0) is 13.0. The highest BCUT2D eigenvalue weighted by atomic mass is 16.3. The van der Waals surface area contributed by atoms with Gasteiger partial charge in [-0.05, 0) is 43.0 Å². The Morgan fingerprint density at radius 3 is 2.50 bits per heavy atom. The highest BCUT2D eigenvalue weighted by Crippen LogP contribution is 2.31. The van der Waals surface area contributed by atoms with Crippen molar-refractivity contribution in [3.8, 4) is 5.75 Å². The van der Waals surface area contributed by atoms with Gasteiger partial charge in [0.05, 0.1) is 12.1 Å². The average molecular weight is 247 g/mol. The number of nitrogens with one attached hydrogen (secondary N) is 1. The van der Waals surface area contributed by atoms with Gasteiger partial charge < -0.3 is 15.5 Å². The molecule has 1 fully saturated rings. The third-order valence-electron chi connectivity index (χ3n) is 3.32. The monoisotopic (exact) mass is 247 g/mol. The van der Waals surface area contributed by atoms with Crippen molar-refractivity contribution in [1.82, 2.24) is 5.32 Å². The Morgan fingerprint density at radius 1 is 1.33 bits per heavy atom. The summed E-state index contributed by atoms with van der Waals surface area (Å²) in [6.07, 6.45) is 5.84. The van der Waals surface area contributed by atoms with Gasteiger partial charge in [-0.1, -0.05) is 12.1 Å². The quantitative estimate of drug-likeness (QED) is 0.705. The molecule has 96 valence electrons. The fraction of sp³-hybridized carbons (Fsp3) is 0.357. The predicted octanol–water partition coefficient (Wildman–Crippen LogP) is 1.44. The Hall–Kier alpha value is -1.81. The Labute approximate surface area is 106 Å². The van der Waals surface area contributed by atoms with Gasteiger partial charge in [0.1, 0.15) is 5.75 Å². The molecule has 0 radical (unpaired) electrons. The van der Waals surface area contributed by atoms with Crippen molar-refractivity contribution in [3.63, 3.8) is 0 Å². The minimum Gasteiger partial charge on any atom is -0.508 e. The van der Waals surface area contributed by atoms with Crippen molar-refractivity contribution >= 4 is 12.0 Å². The molecule has 0 spiro atoms. The standard InChI is InChI=1S/C14H17NO3/c16-10-14(8-1-9-14)15-13(18)7-4-11-2-5-12(17)6-3-11/h2-7,16-17H,1,8-10H2,(H,15,18)/b7-4+. The van der Waals surface area contributed by atoms with Crippen LogP contribution in [0.2, 0.25) is 0 Å². The molecule has 0 atom stereocenters. The number of phenols is 1. The van der Waals surface area contributed by atoms with Gasteiger partial charge in [-0.15, -0.1) is 0 Å². The van der Waals surface area contributed by atoms with Crippen molar-refractivity contribution in [2.24, 2.45) is 0 Å². The van der Waals surface area contributed by atoms with Crippen LogP contribution in [0.5, 0.6) is 5.75 Å². The molecule has 1 aliphatic rings. The van der Waals surface area contributed by atoms with Crippen LogP contribution < -0.4 is 5.32 Å². The maximum atomic E-state index is 11.7. The Morgan fingerprint density at radius 2 is 2.00 bits per heavy atom. The van der Waals surface area contributed by atoms with Gasteiger partial charge in [0.2, 0.25) is 5.91 Å². The second-order valence-electron chi connectivity index (χ2n) is 4.71. The first-order valence-corrected chi connectivity index (χ1v) is 6.04. The van der Waals surface area contributed by atoms with Gasteiger partial charge in [-0.3, -0.25) is 4.79 Å². The molecular weight excluding hydrogens is 230 g/mol. The third kappa shape index (κ3) is 2.90. The molecule has 1 amide bonds. The largest absolute Gasteiger partial charge is 0.508 e. The van der Waals surface area contributed by atoms with Gasteiger partial charge in [-0.2, -0.15) is 0 Å². The first kappa shape index (κ1) is 12.6. The van der Waals surface area contributed by atoms with E-state index in [-0.39, 0.29) is 18.3 Å². The lowest BCUT2D eigenvalue weighted by Crippen LogP contribution is -2.55. The molecule has 4 heteroatoms. The zero-order valence-electron chi connectivity index (χ0n) is 10.1. The summed E-state index contributed by atoms with van der Waals surface area (Å²) in [5.41, 5.74) is 0.436. The summed E-state index contributed by atoms with van der Waals surface area (Å²) in [6.45, 7) is -0.00815. The molecular formula is C14H17NO3. The number of hydrogen-bond donors (Lipinski definition) is 3. The highest BCUT2D eigenvalue weighted by molar-refractivity contribution is 5.92. The van der Waals surface area contributed by atoms with Crippen LogP contribution in [0.4, 0.5) is 0 Å². The van der Waals surface area contributed by atoms with E-state index in [0.717, 1.165) is 24.8 Å². The van der Waals surface area contributed by atoms with Crippen LogP contribution in [0.1, 0.15) is 24.8 Å². The van der Waals surface area contributed by atoms with Crippen LogP contribution in [-0.2, 0) is 4.79 Å². The molecule has 1 saturated carbocycles. The van der Waals surface area contributed by atoms with E-state index in [1.165, 1.54) is 6.08 Å². The molecule has 18 heavy (non-hydrogen) atoms. The number of phenolic OH excluding ortho intramolecular Hbond substituents is 1. The van der Waals surface area contributed by atoms with Gasteiger partial charge >= 0.3 is 0 Å². The highest BCUT2D eigenvalue weighted by Gasteiger charge is 2.37. The molecule has 3 N–H and O–H groups in total. The van der Waals surface area contributed by atoms with E-state index in [2.05, 4.69) is 5.32 Å². The number of amides is 1. The smallest absolute Gasteiger partial charge is 0.244 e. The second-order valence-corrected chi connectivity index (χ2v) is 4.71. The van der Waals surface area contributed by atoms with Gasteiger partial charge in [-0.25, -0.2) is 0 Å². The Kier molecular flexibility index (Phi) is 3.67. The number of aliphatic hydroxyl groups is 1. The fourth-order valence-corrected chi connectivity index (χ4v) is 1.99. The molecule has 0 aliphatic heterocycles. The second kappa shape index (κ2) is 5.23. The van der Waals surface area contributed by atoms with E-state index in [1.807, 2.05) is 0 Å². The molecule has 0 aromatic heterocycles. The van der Waals surface area contributed by atoms with Crippen molar-refractivity contribution in [2.75, 3.05) is 6.61 Å². The molecule has 0 saturated heterocycles. The van der Waals surface area contributed by atoms with Gasteiger partial charge in [0.15, 0.2) is 0 Å². The van der Waals surface area contributed by atoms with Gasteiger partial charge in [0, 0.05) is 6.08 Å². The van der Waals surface area contributed by atoms with Crippen molar-refractivity contribution in [3.05, 3.63) is 35.9 Å². The summed E-state index contributed by atoms with van der Waals surface area (Å²) >= 11 is 0. The zero-order valence-corrected chi connectivity index (χ0v) is 10.1. The fourth-order valence-electron chi connectivity index (χ4n) is 1.99. The normalized spacial score (nSPS) is 17.4. The molecule has 4 nitrogen and oxygen atoms in total. The Balaban J connectivity index is 1.92. The summed E-state index contributed by atoms with van der Waals surface area (Å²) in [7, 11) is 0. The molecule has 1 aromatic carbocycles. The van der Waals surface area contributed by atoms with Crippen molar-refractivity contribution in [2.45, 2.75) is 24.8 Å². The van der Waals surface area contributed by atoms with Crippen LogP contribution in [0.15, 0.2) is 30.3 Å². The number of benzene rings is 1. The van der Waals surface area contributed by atoms with E-state index in [4.69, 9.17) is 5.11 Å². The SMILES string of the molecule is O=C(/C=C/c1ccc(O)cc1)NC1(CO)CCC1. The van der Waals surface area contributed by atoms with Crippen molar-refractivity contribution in [1.29, 1.82) is 0 Å². The van der Waals surface area contributed by atoms with E-state index in [0.29, 0.717) is 0 Å². The average Bonchev–Trinajstić information content (AvgIpc) is 2.33. The minimum atomic E-state index is -0.406. The van der Waals surface area contributed by atoms with E-state index in [1.54, 1.807) is 30.3 Å². The number of carbonyl (C=O) groups excluding carboxylic acids is 1. The summed E-state index contributed by atoms with van der Waals surface area (Å²) in [5.74, 6) is 0.00197. The lowest BCUT2D eigenvalue weighted by Gasteiger charge is -2.40. The maximum absolute atomic E-state index is 11.7. The number of rotatable bonds is 4. The first-order chi connectivity index (χ1) is 8.63. The van der Waals surface area contributed by atoms with E-state index in [9.17, 15) is 9.90 Å².